The van der Waals surface area contributed by atoms with Crippen LogP contribution < -0.4 is 4.74 Å². The lowest BCUT2D eigenvalue weighted by Crippen LogP contribution is -2.05. The van der Waals surface area contributed by atoms with E-state index in [-0.39, 0.29) is 5.92 Å². The highest BCUT2D eigenvalue weighted by Crippen LogP contribution is 2.32. The van der Waals surface area contributed by atoms with Crippen LogP contribution in [0.25, 0.3) is 0 Å². The normalized spacial score (nSPS) is 11.1. The van der Waals surface area contributed by atoms with Crippen LogP contribution in [0, 0.1) is 0 Å². The average molecular weight is 431 g/mol. The summed E-state index contributed by atoms with van der Waals surface area (Å²) in [5, 5.41) is 0. The average Bonchev–Trinajstić information content (AvgIpc) is 2.85. The Balaban J connectivity index is 1.43. The van der Waals surface area contributed by atoms with Crippen LogP contribution in [0.2, 0.25) is 0 Å². The quantitative estimate of drug-likeness (QED) is 0.137. The lowest BCUT2D eigenvalue weighted by molar-refractivity contribution is 0.0135. The van der Waals surface area contributed by atoms with E-state index in [1.54, 1.807) is 0 Å². The number of hydrogen-bond acceptors (Lipinski definition) is 2. The third-order valence-corrected chi connectivity index (χ3v) is 5.93. The van der Waals surface area contributed by atoms with Gasteiger partial charge in [-0.3, -0.25) is 0 Å². The van der Waals surface area contributed by atoms with E-state index in [9.17, 15) is 0 Å². The van der Waals surface area contributed by atoms with Crippen LogP contribution in [0.4, 0.5) is 0 Å². The van der Waals surface area contributed by atoms with Crippen LogP contribution >= 0.6 is 0 Å². The summed E-state index contributed by atoms with van der Waals surface area (Å²) in [6.07, 6.45) is 10.5. The van der Waals surface area contributed by atoms with E-state index in [2.05, 4.69) is 79.7 Å². The molecule has 32 heavy (non-hydrogen) atoms. The molecular formula is C30H38O2. The zero-order chi connectivity index (χ0) is 22.3. The second-order valence-electron chi connectivity index (χ2n) is 8.47. The van der Waals surface area contributed by atoms with Gasteiger partial charge in [0.2, 0.25) is 0 Å². The predicted molar refractivity (Wildman–Crippen MR) is 134 cm³/mol. The summed E-state index contributed by atoms with van der Waals surface area (Å²) in [5.74, 6) is 1.06. The van der Waals surface area contributed by atoms with Crippen LogP contribution in [0.15, 0.2) is 84.9 Å². The molecule has 0 amide bonds. The van der Waals surface area contributed by atoms with Gasteiger partial charge in [-0.1, -0.05) is 125 Å². The Labute approximate surface area is 194 Å². The molecule has 170 valence electrons. The van der Waals surface area contributed by atoms with Gasteiger partial charge in [-0.2, -0.15) is 0 Å². The van der Waals surface area contributed by atoms with Gasteiger partial charge >= 0.3 is 0 Å². The van der Waals surface area contributed by atoms with Gasteiger partial charge in [0.15, 0.2) is 6.79 Å². The summed E-state index contributed by atoms with van der Waals surface area (Å²) in [5.41, 5.74) is 3.84. The lowest BCUT2D eigenvalue weighted by Gasteiger charge is -2.19. The van der Waals surface area contributed by atoms with Crippen molar-refractivity contribution < 1.29 is 9.47 Å². The molecule has 0 fully saturated rings. The molecule has 0 saturated carbocycles. The minimum Gasteiger partial charge on any atom is -0.468 e. The Morgan fingerprint density at radius 2 is 1.06 bits per heavy atom. The maximum Gasteiger partial charge on any atom is 0.189 e. The molecule has 0 atom stereocenters. The van der Waals surface area contributed by atoms with Crippen molar-refractivity contribution in [2.24, 2.45) is 0 Å². The lowest BCUT2D eigenvalue weighted by atomic mass is 9.85. The zero-order valence-electron chi connectivity index (χ0n) is 19.5. The van der Waals surface area contributed by atoms with Crippen LogP contribution in [0.1, 0.15) is 80.9 Å². The zero-order valence-corrected chi connectivity index (χ0v) is 19.5. The smallest absolute Gasteiger partial charge is 0.189 e. The molecule has 2 heteroatoms. The molecule has 3 aromatic rings. The molecule has 0 unspecified atom stereocenters. The van der Waals surface area contributed by atoms with Crippen molar-refractivity contribution in [3.8, 4) is 5.75 Å². The summed E-state index contributed by atoms with van der Waals surface area (Å²) in [4.78, 5) is 0. The number of benzene rings is 3. The Bertz CT molecular complexity index is 804. The molecule has 0 saturated heterocycles. The van der Waals surface area contributed by atoms with E-state index < -0.39 is 0 Å². The SMILES string of the molecule is CCCCCCCCCCOCOc1ccc(C(c2ccccc2)c2ccccc2)cc1. The summed E-state index contributed by atoms with van der Waals surface area (Å²) >= 11 is 0. The number of ether oxygens (including phenoxy) is 2. The molecular weight excluding hydrogens is 392 g/mol. The summed E-state index contributed by atoms with van der Waals surface area (Å²) in [6.45, 7) is 3.35. The van der Waals surface area contributed by atoms with Gasteiger partial charge in [0, 0.05) is 5.92 Å². The first-order valence-electron chi connectivity index (χ1n) is 12.3. The van der Waals surface area contributed by atoms with Gasteiger partial charge in [0.05, 0.1) is 6.61 Å². The second kappa shape index (κ2) is 14.5. The fourth-order valence-corrected chi connectivity index (χ4v) is 4.13. The molecule has 2 nitrogen and oxygen atoms in total. The predicted octanol–water partition coefficient (Wildman–Crippen LogP) is 8.36. The Morgan fingerprint density at radius 1 is 0.562 bits per heavy atom. The van der Waals surface area contributed by atoms with Gasteiger partial charge in [0.1, 0.15) is 5.75 Å². The first kappa shape index (κ1) is 24.1. The van der Waals surface area contributed by atoms with Crippen molar-refractivity contribution >= 4 is 0 Å². The van der Waals surface area contributed by atoms with Crippen LogP contribution in [-0.4, -0.2) is 13.4 Å². The molecule has 3 aromatic carbocycles. The highest BCUT2D eigenvalue weighted by molar-refractivity contribution is 5.44. The summed E-state index contributed by atoms with van der Waals surface area (Å²) < 4.78 is 11.5. The first-order valence-corrected chi connectivity index (χ1v) is 12.3. The van der Waals surface area contributed by atoms with Gasteiger partial charge in [0.25, 0.3) is 0 Å². The standard InChI is InChI=1S/C30H38O2/c1-2-3-4-5-6-7-8-15-24-31-25-32-29-22-20-28(21-23-29)30(26-16-11-9-12-17-26)27-18-13-10-14-19-27/h9-14,16-23,30H,2-8,15,24-25H2,1H3. The van der Waals surface area contributed by atoms with E-state index >= 15 is 0 Å². The molecule has 0 spiro atoms. The highest BCUT2D eigenvalue weighted by Gasteiger charge is 2.16. The molecule has 0 aliphatic heterocycles. The van der Waals surface area contributed by atoms with E-state index in [4.69, 9.17) is 9.47 Å². The fraction of sp³-hybridized carbons (Fsp3) is 0.400. The molecule has 3 rings (SSSR count). The van der Waals surface area contributed by atoms with Gasteiger partial charge in [-0.15, -0.1) is 0 Å². The monoisotopic (exact) mass is 430 g/mol. The third kappa shape index (κ3) is 8.16. The minimum absolute atomic E-state index is 0.213. The van der Waals surface area contributed by atoms with E-state index in [0.29, 0.717) is 6.79 Å². The molecule has 0 bridgehead atoms. The topological polar surface area (TPSA) is 18.5 Å². The largest absolute Gasteiger partial charge is 0.468 e. The molecule has 0 heterocycles. The van der Waals surface area contributed by atoms with Crippen molar-refractivity contribution in [1.82, 2.24) is 0 Å². The van der Waals surface area contributed by atoms with Crippen molar-refractivity contribution in [3.63, 3.8) is 0 Å². The Hall–Kier alpha value is -2.58. The van der Waals surface area contributed by atoms with Gasteiger partial charge in [-0.05, 0) is 35.2 Å². The fourth-order valence-electron chi connectivity index (χ4n) is 4.13. The molecule has 0 aromatic heterocycles. The molecule has 0 N–H and O–H groups in total. The molecule has 0 aliphatic carbocycles. The maximum atomic E-state index is 5.80. The number of hydrogen-bond donors (Lipinski definition) is 0. The third-order valence-electron chi connectivity index (χ3n) is 5.93. The second-order valence-corrected chi connectivity index (χ2v) is 8.47. The Morgan fingerprint density at radius 3 is 1.62 bits per heavy atom. The van der Waals surface area contributed by atoms with Crippen molar-refractivity contribution in [1.29, 1.82) is 0 Å². The summed E-state index contributed by atoms with van der Waals surface area (Å²) in [7, 11) is 0. The molecule has 0 aliphatic rings. The molecule has 0 radical (unpaired) electrons. The van der Waals surface area contributed by atoms with Crippen molar-refractivity contribution in [3.05, 3.63) is 102 Å². The maximum absolute atomic E-state index is 5.80. The number of unbranched alkanes of at least 4 members (excludes halogenated alkanes) is 7. The minimum atomic E-state index is 0.213. The van der Waals surface area contributed by atoms with Crippen LogP contribution in [0.5, 0.6) is 5.75 Å². The van der Waals surface area contributed by atoms with E-state index in [0.717, 1.165) is 18.8 Å². The van der Waals surface area contributed by atoms with Gasteiger partial charge < -0.3 is 9.47 Å². The van der Waals surface area contributed by atoms with E-state index in [1.807, 2.05) is 12.1 Å². The van der Waals surface area contributed by atoms with Crippen LogP contribution in [-0.2, 0) is 4.74 Å². The Kier molecular flexibility index (Phi) is 10.9. The summed E-state index contributed by atoms with van der Waals surface area (Å²) in [6, 6.07) is 29.8. The first-order chi connectivity index (χ1) is 15.9. The van der Waals surface area contributed by atoms with Crippen LogP contribution in [0.3, 0.4) is 0 Å². The van der Waals surface area contributed by atoms with Crippen molar-refractivity contribution in [2.75, 3.05) is 13.4 Å². The van der Waals surface area contributed by atoms with E-state index in [1.165, 1.54) is 61.6 Å². The number of rotatable bonds is 15. The highest BCUT2D eigenvalue weighted by atomic mass is 16.7. The van der Waals surface area contributed by atoms with Crippen molar-refractivity contribution in [2.45, 2.75) is 64.2 Å². The van der Waals surface area contributed by atoms with Gasteiger partial charge in [-0.25, -0.2) is 0 Å².